The Morgan fingerprint density at radius 3 is 1.83 bits per heavy atom. The molecule has 7 aromatic rings. The van der Waals surface area contributed by atoms with Crippen LogP contribution < -0.4 is 0 Å². The summed E-state index contributed by atoms with van der Waals surface area (Å²) in [5.74, 6) is 3.21. The van der Waals surface area contributed by atoms with E-state index in [-0.39, 0.29) is 0 Å². The number of hydrogen-bond acceptors (Lipinski definition) is 4. The van der Waals surface area contributed by atoms with Crippen LogP contribution in [0.2, 0.25) is 0 Å². The first kappa shape index (κ1) is 27.4. The van der Waals surface area contributed by atoms with E-state index in [2.05, 4.69) is 78.9 Å². The van der Waals surface area contributed by atoms with E-state index in [0.29, 0.717) is 11.6 Å². The summed E-state index contributed by atoms with van der Waals surface area (Å²) >= 11 is 0. The molecule has 224 valence electrons. The topological polar surface area (TPSA) is 51.8 Å². The van der Waals surface area contributed by atoms with Crippen LogP contribution in [0.5, 0.6) is 0 Å². The monoisotopic (exact) mass is 605 g/mol. The lowest BCUT2D eigenvalue weighted by Gasteiger charge is -2.20. The van der Waals surface area contributed by atoms with Gasteiger partial charge >= 0.3 is 0 Å². The van der Waals surface area contributed by atoms with Crippen LogP contribution in [0.1, 0.15) is 36.4 Å². The van der Waals surface area contributed by atoms with Crippen molar-refractivity contribution in [3.63, 3.8) is 0 Å². The highest BCUT2D eigenvalue weighted by Gasteiger charge is 2.25. The summed E-state index contributed by atoms with van der Waals surface area (Å²) in [6.45, 7) is 0. The lowest BCUT2D eigenvalue weighted by molar-refractivity contribution is 0.545. The lowest BCUT2D eigenvalue weighted by Crippen LogP contribution is -2.06. The van der Waals surface area contributed by atoms with E-state index in [0.717, 1.165) is 59.6 Å². The van der Waals surface area contributed by atoms with Crippen LogP contribution >= 0.6 is 0 Å². The summed E-state index contributed by atoms with van der Waals surface area (Å²) in [5, 5.41) is 3.68. The molecule has 4 heteroatoms. The van der Waals surface area contributed by atoms with Crippen LogP contribution in [-0.4, -0.2) is 15.0 Å². The molecule has 2 aromatic heterocycles. The normalized spacial score (nSPS) is 14.4. The first-order valence-corrected chi connectivity index (χ1v) is 16.3. The van der Waals surface area contributed by atoms with E-state index < -0.39 is 0 Å². The maximum atomic E-state index is 6.55. The highest BCUT2D eigenvalue weighted by Crippen LogP contribution is 2.43. The van der Waals surface area contributed by atoms with Crippen molar-refractivity contribution in [1.29, 1.82) is 0 Å². The van der Waals surface area contributed by atoms with Gasteiger partial charge in [0.2, 0.25) is 0 Å². The smallest absolute Gasteiger partial charge is 0.164 e. The van der Waals surface area contributed by atoms with E-state index in [9.17, 15) is 0 Å². The Balaban J connectivity index is 1.07. The van der Waals surface area contributed by atoms with E-state index in [1.165, 1.54) is 44.0 Å². The Kier molecular flexibility index (Phi) is 6.71. The molecule has 0 bridgehead atoms. The van der Waals surface area contributed by atoms with Gasteiger partial charge in [0.1, 0.15) is 11.3 Å². The number of aryl methyl sites for hydroxylation is 1. The van der Waals surface area contributed by atoms with Crippen molar-refractivity contribution in [3.8, 4) is 33.9 Å². The zero-order valence-corrected chi connectivity index (χ0v) is 25.9. The Morgan fingerprint density at radius 1 is 0.489 bits per heavy atom. The molecule has 4 nitrogen and oxygen atoms in total. The Hall–Kier alpha value is -5.87. The van der Waals surface area contributed by atoms with Gasteiger partial charge in [-0.05, 0) is 76.1 Å². The van der Waals surface area contributed by atoms with Gasteiger partial charge in [-0.15, -0.1) is 0 Å². The fourth-order valence-electron chi connectivity index (χ4n) is 6.91. The molecule has 0 N–H and O–H groups in total. The van der Waals surface area contributed by atoms with Gasteiger partial charge in [0.05, 0.1) is 0 Å². The zero-order valence-electron chi connectivity index (χ0n) is 25.9. The molecule has 2 aliphatic rings. The van der Waals surface area contributed by atoms with Crippen molar-refractivity contribution in [2.45, 2.75) is 25.7 Å². The highest BCUT2D eigenvalue weighted by atomic mass is 16.3. The number of allylic oxidation sites excluding steroid dienone is 6. The van der Waals surface area contributed by atoms with Crippen molar-refractivity contribution < 1.29 is 4.42 Å². The molecular formula is C43H31N3O. The summed E-state index contributed by atoms with van der Waals surface area (Å²) in [4.78, 5) is 14.8. The average Bonchev–Trinajstić information content (AvgIpc) is 3.53. The number of fused-ring (bicyclic) bond motifs is 4. The minimum absolute atomic E-state index is 0.692. The molecular weight excluding hydrogens is 574 g/mol. The van der Waals surface area contributed by atoms with Gasteiger partial charge < -0.3 is 4.42 Å². The molecule has 2 heterocycles. The second kappa shape index (κ2) is 11.5. The van der Waals surface area contributed by atoms with Gasteiger partial charge in [0.25, 0.3) is 0 Å². The average molecular weight is 606 g/mol. The van der Waals surface area contributed by atoms with Crippen molar-refractivity contribution in [2.24, 2.45) is 0 Å². The van der Waals surface area contributed by atoms with Crippen molar-refractivity contribution >= 4 is 32.9 Å². The van der Waals surface area contributed by atoms with Crippen LogP contribution in [0, 0.1) is 0 Å². The third-order valence-electron chi connectivity index (χ3n) is 9.32. The third kappa shape index (κ3) is 5.08. The van der Waals surface area contributed by atoms with Crippen LogP contribution in [-0.2, 0) is 6.42 Å². The summed E-state index contributed by atoms with van der Waals surface area (Å²) in [7, 11) is 0. The molecule has 5 aromatic carbocycles. The minimum Gasteiger partial charge on any atom is -0.460 e. The Bertz CT molecular complexity index is 2340. The quantitative estimate of drug-likeness (QED) is 0.196. The number of nitrogens with zero attached hydrogens (tertiary/aromatic N) is 3. The second-order valence-electron chi connectivity index (χ2n) is 12.3. The van der Waals surface area contributed by atoms with Crippen molar-refractivity contribution in [1.82, 2.24) is 15.0 Å². The van der Waals surface area contributed by atoms with Crippen LogP contribution in [0.15, 0.2) is 150 Å². The molecule has 0 aliphatic heterocycles. The van der Waals surface area contributed by atoms with Gasteiger partial charge in [-0.1, -0.05) is 121 Å². The fourth-order valence-corrected chi connectivity index (χ4v) is 6.91. The van der Waals surface area contributed by atoms with Gasteiger partial charge in [-0.2, -0.15) is 0 Å². The molecule has 0 amide bonds. The standard InChI is InChI=1S/C43H31N3O/c1-3-11-30(12-4-1)41-44-42(31-13-5-2-6-14-31)46-43(45-41)32-21-19-29(20-22-32)36-16-9-17-38-40(36)37-25-24-35(27-39(37)47-38)34-23-18-28-10-7-8-15-33(28)26-34/h1-8,10-16,18-19,21,23-27H,9,17,20,22H2. The van der Waals surface area contributed by atoms with Crippen molar-refractivity contribution in [3.05, 3.63) is 162 Å². The lowest BCUT2D eigenvalue weighted by atomic mass is 9.84. The molecule has 9 rings (SSSR count). The fraction of sp³-hybridized carbons (Fsp3) is 0.0930. The van der Waals surface area contributed by atoms with E-state index in [1.54, 1.807) is 0 Å². The summed E-state index contributed by atoms with van der Waals surface area (Å²) in [6, 6.07) is 42.1. The molecule has 0 unspecified atom stereocenters. The van der Waals surface area contributed by atoms with Gasteiger partial charge in [-0.25, -0.2) is 15.0 Å². The molecule has 0 saturated carbocycles. The Labute approximate surface area is 273 Å². The summed E-state index contributed by atoms with van der Waals surface area (Å²) in [5.41, 5.74) is 10.3. The number of rotatable bonds is 5. The van der Waals surface area contributed by atoms with Crippen LogP contribution in [0.25, 0.3) is 66.8 Å². The molecule has 0 saturated heterocycles. The van der Waals surface area contributed by atoms with Crippen LogP contribution in [0.4, 0.5) is 0 Å². The summed E-state index contributed by atoms with van der Waals surface area (Å²) < 4.78 is 6.55. The maximum Gasteiger partial charge on any atom is 0.164 e. The SMILES string of the molecule is C1=C(C2=CCCc3oc4cc(-c5ccc6ccccc6c5)ccc4c32)CCC(c2nc(-c3ccccc3)nc(-c3ccccc3)n2)=C1. The van der Waals surface area contributed by atoms with Gasteiger partial charge in [0.15, 0.2) is 17.5 Å². The highest BCUT2D eigenvalue weighted by molar-refractivity contribution is 6.00. The van der Waals surface area contributed by atoms with Gasteiger partial charge in [-0.3, -0.25) is 0 Å². The first-order valence-electron chi connectivity index (χ1n) is 16.3. The predicted octanol–water partition coefficient (Wildman–Crippen LogP) is 10.9. The number of benzene rings is 5. The molecule has 0 radical (unpaired) electrons. The third-order valence-corrected chi connectivity index (χ3v) is 9.32. The van der Waals surface area contributed by atoms with E-state index in [1.807, 2.05) is 60.7 Å². The summed E-state index contributed by atoms with van der Waals surface area (Å²) in [6.07, 6.45) is 10.5. The molecule has 0 atom stereocenters. The maximum absolute atomic E-state index is 6.55. The number of aromatic nitrogens is 3. The molecule has 0 fully saturated rings. The number of furan rings is 1. The molecule has 0 spiro atoms. The van der Waals surface area contributed by atoms with E-state index in [4.69, 9.17) is 19.4 Å². The zero-order chi connectivity index (χ0) is 31.2. The van der Waals surface area contributed by atoms with Gasteiger partial charge in [0, 0.05) is 28.5 Å². The largest absolute Gasteiger partial charge is 0.460 e. The number of hydrogen-bond donors (Lipinski definition) is 0. The Morgan fingerprint density at radius 2 is 1.11 bits per heavy atom. The molecule has 47 heavy (non-hydrogen) atoms. The minimum atomic E-state index is 0.692. The van der Waals surface area contributed by atoms with E-state index >= 15 is 0 Å². The first-order chi connectivity index (χ1) is 23.3. The second-order valence-corrected chi connectivity index (χ2v) is 12.3. The molecule has 2 aliphatic carbocycles. The van der Waals surface area contributed by atoms with Crippen LogP contribution in [0.3, 0.4) is 0 Å². The van der Waals surface area contributed by atoms with Crippen molar-refractivity contribution in [2.75, 3.05) is 0 Å². The predicted molar refractivity (Wildman–Crippen MR) is 191 cm³/mol.